The highest BCUT2D eigenvalue weighted by molar-refractivity contribution is 6.06. The summed E-state index contributed by atoms with van der Waals surface area (Å²) < 4.78 is 0. The van der Waals surface area contributed by atoms with Crippen molar-refractivity contribution >= 4 is 22.6 Å². The molecule has 126 valence electrons. The van der Waals surface area contributed by atoms with E-state index in [0.717, 1.165) is 36.5 Å². The van der Waals surface area contributed by atoms with Crippen molar-refractivity contribution in [1.29, 1.82) is 0 Å². The molecule has 5 nitrogen and oxygen atoms in total. The van der Waals surface area contributed by atoms with Crippen LogP contribution < -0.4 is 5.32 Å². The largest absolute Gasteiger partial charge is 0.507 e. The van der Waals surface area contributed by atoms with Gasteiger partial charge in [0, 0.05) is 17.0 Å². The Morgan fingerprint density at radius 2 is 1.92 bits per heavy atom. The zero-order valence-electron chi connectivity index (χ0n) is 13.8. The van der Waals surface area contributed by atoms with E-state index in [9.17, 15) is 9.90 Å². The standard InChI is InChI=1S/C19H22N2O3/c1-13(21-24-19(23)20-15-8-3-2-4-9-15)16-12-11-14-7-5-6-10-17(14)18(16)22/h5-7,10-12,15,22H,2-4,8-9H2,1H3,(H,20,23)/b21-13+. The molecular weight excluding hydrogens is 304 g/mol. The van der Waals surface area contributed by atoms with Gasteiger partial charge in [-0.2, -0.15) is 0 Å². The number of nitrogens with one attached hydrogen (secondary N) is 1. The second-order valence-corrected chi connectivity index (χ2v) is 6.22. The van der Waals surface area contributed by atoms with E-state index in [0.29, 0.717) is 11.3 Å². The number of phenolic OH excluding ortho intramolecular Hbond substituents is 1. The van der Waals surface area contributed by atoms with E-state index in [1.807, 2.05) is 30.3 Å². The molecule has 0 heterocycles. The number of phenols is 1. The Morgan fingerprint density at radius 1 is 1.17 bits per heavy atom. The Balaban J connectivity index is 1.69. The van der Waals surface area contributed by atoms with E-state index in [1.165, 1.54) is 6.42 Å². The first-order chi connectivity index (χ1) is 11.6. The number of nitrogens with zero attached hydrogens (tertiary/aromatic N) is 1. The molecule has 0 unspecified atom stereocenters. The fourth-order valence-corrected chi connectivity index (χ4v) is 3.15. The number of benzene rings is 2. The zero-order chi connectivity index (χ0) is 16.9. The van der Waals surface area contributed by atoms with Crippen molar-refractivity contribution in [2.24, 2.45) is 5.16 Å². The zero-order valence-corrected chi connectivity index (χ0v) is 13.8. The second kappa shape index (κ2) is 7.34. The lowest BCUT2D eigenvalue weighted by Gasteiger charge is -2.21. The first-order valence-corrected chi connectivity index (χ1v) is 8.38. The van der Waals surface area contributed by atoms with Gasteiger partial charge >= 0.3 is 6.09 Å². The van der Waals surface area contributed by atoms with Gasteiger partial charge < -0.3 is 10.4 Å². The molecular formula is C19H22N2O3. The lowest BCUT2D eigenvalue weighted by Crippen LogP contribution is -2.35. The number of aromatic hydroxyl groups is 1. The maximum Gasteiger partial charge on any atom is 0.433 e. The average Bonchev–Trinajstić information content (AvgIpc) is 2.61. The minimum Gasteiger partial charge on any atom is -0.507 e. The topological polar surface area (TPSA) is 70.9 Å². The fraction of sp³-hybridized carbons (Fsp3) is 0.368. The van der Waals surface area contributed by atoms with Crippen molar-refractivity contribution in [2.45, 2.75) is 45.1 Å². The first kappa shape index (κ1) is 16.3. The van der Waals surface area contributed by atoms with Gasteiger partial charge in [0.05, 0.1) is 5.71 Å². The number of amides is 1. The van der Waals surface area contributed by atoms with Crippen molar-refractivity contribution < 1.29 is 14.7 Å². The van der Waals surface area contributed by atoms with Gasteiger partial charge in [-0.15, -0.1) is 0 Å². The number of hydrogen-bond acceptors (Lipinski definition) is 4. The average molecular weight is 326 g/mol. The molecule has 2 aromatic rings. The lowest BCUT2D eigenvalue weighted by atomic mass is 9.96. The number of oxime groups is 1. The molecule has 0 aromatic heterocycles. The molecule has 0 atom stereocenters. The Hall–Kier alpha value is -2.56. The molecule has 0 saturated heterocycles. The molecule has 1 aliphatic rings. The molecule has 0 spiro atoms. The summed E-state index contributed by atoms with van der Waals surface area (Å²) >= 11 is 0. The van der Waals surface area contributed by atoms with Crippen LogP contribution in [0.15, 0.2) is 41.6 Å². The van der Waals surface area contributed by atoms with Crippen LogP contribution in [-0.4, -0.2) is 23.0 Å². The van der Waals surface area contributed by atoms with Crippen LogP contribution in [0.2, 0.25) is 0 Å². The summed E-state index contributed by atoms with van der Waals surface area (Å²) in [6.45, 7) is 1.71. The molecule has 1 fully saturated rings. The minimum atomic E-state index is -0.540. The van der Waals surface area contributed by atoms with E-state index in [4.69, 9.17) is 4.84 Å². The molecule has 0 bridgehead atoms. The van der Waals surface area contributed by atoms with Crippen molar-refractivity contribution in [1.82, 2.24) is 5.32 Å². The van der Waals surface area contributed by atoms with Gasteiger partial charge in [-0.3, -0.25) is 4.84 Å². The highest BCUT2D eigenvalue weighted by Gasteiger charge is 2.16. The molecule has 3 rings (SSSR count). The Bertz CT molecular complexity index is 764. The van der Waals surface area contributed by atoms with Gasteiger partial charge in [-0.05, 0) is 31.2 Å². The predicted octanol–water partition coefficient (Wildman–Crippen LogP) is 4.33. The maximum atomic E-state index is 11.8. The number of hydrogen-bond donors (Lipinski definition) is 2. The quantitative estimate of drug-likeness (QED) is 0.501. The van der Waals surface area contributed by atoms with Crippen molar-refractivity contribution in [3.05, 3.63) is 42.0 Å². The Morgan fingerprint density at radius 3 is 2.71 bits per heavy atom. The smallest absolute Gasteiger partial charge is 0.433 e. The van der Waals surface area contributed by atoms with E-state index in [-0.39, 0.29) is 11.8 Å². The third kappa shape index (κ3) is 3.67. The summed E-state index contributed by atoms with van der Waals surface area (Å²) in [7, 11) is 0. The van der Waals surface area contributed by atoms with Crippen molar-refractivity contribution in [2.75, 3.05) is 0 Å². The van der Waals surface area contributed by atoms with E-state index in [2.05, 4.69) is 10.5 Å². The van der Waals surface area contributed by atoms with E-state index >= 15 is 0 Å². The number of rotatable bonds is 3. The van der Waals surface area contributed by atoms with Crippen LogP contribution in [0, 0.1) is 0 Å². The second-order valence-electron chi connectivity index (χ2n) is 6.22. The molecule has 1 aliphatic carbocycles. The normalized spacial score (nSPS) is 16.1. The van der Waals surface area contributed by atoms with Gasteiger partial charge in [0.25, 0.3) is 0 Å². The third-order valence-corrected chi connectivity index (χ3v) is 4.48. The number of fused-ring (bicyclic) bond motifs is 1. The van der Waals surface area contributed by atoms with E-state index < -0.39 is 6.09 Å². The van der Waals surface area contributed by atoms with Crippen LogP contribution >= 0.6 is 0 Å². The summed E-state index contributed by atoms with van der Waals surface area (Å²) in [5, 5.41) is 18.8. The molecule has 24 heavy (non-hydrogen) atoms. The van der Waals surface area contributed by atoms with Crippen LogP contribution in [-0.2, 0) is 4.84 Å². The summed E-state index contributed by atoms with van der Waals surface area (Å²) in [4.78, 5) is 16.8. The van der Waals surface area contributed by atoms with Crippen LogP contribution in [0.25, 0.3) is 10.8 Å². The Labute approximate surface area is 141 Å². The summed E-state index contributed by atoms with van der Waals surface area (Å²) in [6, 6.07) is 11.4. The molecule has 5 heteroatoms. The molecule has 2 aromatic carbocycles. The van der Waals surface area contributed by atoms with Crippen LogP contribution in [0.1, 0.15) is 44.6 Å². The highest BCUT2D eigenvalue weighted by Crippen LogP contribution is 2.29. The van der Waals surface area contributed by atoms with Gasteiger partial charge in [0.1, 0.15) is 5.75 Å². The fourth-order valence-electron chi connectivity index (χ4n) is 3.15. The molecule has 1 amide bonds. The monoisotopic (exact) mass is 326 g/mol. The number of carbonyl (C=O) groups excluding carboxylic acids is 1. The minimum absolute atomic E-state index is 0.144. The van der Waals surface area contributed by atoms with Crippen molar-refractivity contribution in [3.63, 3.8) is 0 Å². The van der Waals surface area contributed by atoms with Crippen LogP contribution in [0.4, 0.5) is 4.79 Å². The highest BCUT2D eigenvalue weighted by atomic mass is 16.7. The van der Waals surface area contributed by atoms with Crippen LogP contribution in [0.3, 0.4) is 0 Å². The lowest BCUT2D eigenvalue weighted by molar-refractivity contribution is 0.143. The third-order valence-electron chi connectivity index (χ3n) is 4.48. The van der Waals surface area contributed by atoms with Crippen LogP contribution in [0.5, 0.6) is 5.75 Å². The predicted molar refractivity (Wildman–Crippen MR) is 94.3 cm³/mol. The number of carbonyl (C=O) groups is 1. The summed E-state index contributed by atoms with van der Waals surface area (Å²) in [5.41, 5.74) is 1.01. The summed E-state index contributed by atoms with van der Waals surface area (Å²) in [6.07, 6.45) is 4.94. The molecule has 0 radical (unpaired) electrons. The first-order valence-electron chi connectivity index (χ1n) is 8.38. The van der Waals surface area contributed by atoms with Crippen molar-refractivity contribution in [3.8, 4) is 5.75 Å². The maximum absolute atomic E-state index is 11.8. The van der Waals surface area contributed by atoms with Gasteiger partial charge in [-0.25, -0.2) is 4.79 Å². The molecule has 0 aliphatic heterocycles. The molecule has 1 saturated carbocycles. The van der Waals surface area contributed by atoms with Gasteiger partial charge in [0.15, 0.2) is 0 Å². The summed E-state index contributed by atoms with van der Waals surface area (Å²) in [5.74, 6) is 0.144. The van der Waals surface area contributed by atoms with E-state index in [1.54, 1.807) is 13.0 Å². The van der Waals surface area contributed by atoms with Gasteiger partial charge in [0.2, 0.25) is 0 Å². The molecule has 2 N–H and O–H groups in total. The van der Waals surface area contributed by atoms with Gasteiger partial charge in [-0.1, -0.05) is 54.8 Å². The SMILES string of the molecule is C/C(=N\OC(=O)NC1CCCCC1)c1ccc2ccccc2c1O. The Kier molecular flexibility index (Phi) is 4.99.